The fourth-order valence-electron chi connectivity index (χ4n) is 1.93. The van der Waals surface area contributed by atoms with E-state index in [0.717, 1.165) is 0 Å². The van der Waals surface area contributed by atoms with Gasteiger partial charge in [-0.3, -0.25) is 9.59 Å². The van der Waals surface area contributed by atoms with Crippen molar-refractivity contribution < 1.29 is 14.7 Å². The largest absolute Gasteiger partial charge is 0.481 e. The first kappa shape index (κ1) is 15.7. The van der Waals surface area contributed by atoms with Gasteiger partial charge < -0.3 is 10.4 Å². The first-order chi connectivity index (χ1) is 9.49. The summed E-state index contributed by atoms with van der Waals surface area (Å²) in [5, 5.41) is 20.6. The predicted molar refractivity (Wildman–Crippen MR) is 74.1 cm³/mol. The lowest BCUT2D eigenvalue weighted by atomic mass is 9.82. The lowest BCUT2D eigenvalue weighted by molar-refractivity contribution is -0.149. The normalized spacial score (nSPS) is 10.7. The zero-order valence-electron chi connectivity index (χ0n) is 11.6. The second-order valence-corrected chi connectivity index (χ2v) is 4.66. The average Bonchev–Trinajstić information content (AvgIpc) is 2.48. The number of hydrogen-bond donors (Lipinski definition) is 2. The van der Waals surface area contributed by atoms with Crippen LogP contribution in [0.25, 0.3) is 0 Å². The summed E-state index contributed by atoms with van der Waals surface area (Å²) in [4.78, 5) is 23.3. The van der Waals surface area contributed by atoms with E-state index >= 15 is 0 Å². The molecule has 1 amide bonds. The molecule has 106 valence electrons. The Hall–Kier alpha value is -2.35. The number of nitrogens with one attached hydrogen (secondary N) is 1. The highest BCUT2D eigenvalue weighted by atomic mass is 16.4. The zero-order valence-corrected chi connectivity index (χ0v) is 11.6. The molecule has 0 aliphatic carbocycles. The van der Waals surface area contributed by atoms with E-state index in [0.29, 0.717) is 24.0 Å². The van der Waals surface area contributed by atoms with Crippen molar-refractivity contribution in [2.45, 2.75) is 26.7 Å². The van der Waals surface area contributed by atoms with Crippen LogP contribution in [0.5, 0.6) is 0 Å². The first-order valence-electron chi connectivity index (χ1n) is 6.51. The van der Waals surface area contributed by atoms with Gasteiger partial charge in [-0.1, -0.05) is 13.8 Å². The van der Waals surface area contributed by atoms with E-state index in [2.05, 4.69) is 5.32 Å². The fourth-order valence-corrected chi connectivity index (χ4v) is 1.93. The Bertz CT molecular complexity index is 525. The monoisotopic (exact) mass is 274 g/mol. The van der Waals surface area contributed by atoms with Gasteiger partial charge >= 0.3 is 5.97 Å². The van der Waals surface area contributed by atoms with Crippen LogP contribution in [0.3, 0.4) is 0 Å². The molecule has 0 aromatic heterocycles. The van der Waals surface area contributed by atoms with Gasteiger partial charge in [-0.2, -0.15) is 5.26 Å². The van der Waals surface area contributed by atoms with Crippen molar-refractivity contribution in [2.75, 3.05) is 6.54 Å². The maximum absolute atomic E-state index is 12.0. The number of carbonyl (C=O) groups is 2. The van der Waals surface area contributed by atoms with Crippen LogP contribution in [-0.2, 0) is 4.79 Å². The third kappa shape index (κ3) is 3.35. The Balaban J connectivity index is 2.75. The van der Waals surface area contributed by atoms with E-state index in [1.54, 1.807) is 38.1 Å². The number of nitrogens with zero attached hydrogens (tertiary/aromatic N) is 1. The second-order valence-electron chi connectivity index (χ2n) is 4.66. The third-order valence-corrected chi connectivity index (χ3v) is 3.67. The highest BCUT2D eigenvalue weighted by molar-refractivity contribution is 5.94. The van der Waals surface area contributed by atoms with Gasteiger partial charge in [-0.25, -0.2) is 0 Å². The van der Waals surface area contributed by atoms with Crippen molar-refractivity contribution in [3.63, 3.8) is 0 Å². The summed E-state index contributed by atoms with van der Waals surface area (Å²) < 4.78 is 0. The van der Waals surface area contributed by atoms with Crippen molar-refractivity contribution >= 4 is 11.9 Å². The molecule has 0 saturated heterocycles. The molecular formula is C15H18N2O3. The minimum Gasteiger partial charge on any atom is -0.481 e. The Kier molecular flexibility index (Phi) is 5.27. The van der Waals surface area contributed by atoms with E-state index in [9.17, 15) is 14.7 Å². The molecule has 5 heteroatoms. The standard InChI is InChI=1S/C15H18N2O3/c1-3-15(4-2,14(19)20)10-17-13(18)12-7-5-11(9-16)6-8-12/h5-8H,3-4,10H2,1-2H3,(H,17,18)(H,19,20). The fraction of sp³-hybridized carbons (Fsp3) is 0.400. The van der Waals surface area contributed by atoms with Gasteiger partial charge in [0.25, 0.3) is 5.91 Å². The summed E-state index contributed by atoms with van der Waals surface area (Å²) in [5.41, 5.74) is -0.0403. The molecule has 1 aromatic carbocycles. The van der Waals surface area contributed by atoms with Gasteiger partial charge in [0.2, 0.25) is 0 Å². The predicted octanol–water partition coefficient (Wildman–Crippen LogP) is 2.18. The van der Waals surface area contributed by atoms with Crippen LogP contribution in [0.2, 0.25) is 0 Å². The third-order valence-electron chi connectivity index (χ3n) is 3.67. The summed E-state index contributed by atoms with van der Waals surface area (Å²) in [6.07, 6.45) is 0.902. The van der Waals surface area contributed by atoms with Crippen LogP contribution >= 0.6 is 0 Å². The highest BCUT2D eigenvalue weighted by Gasteiger charge is 2.35. The van der Waals surface area contributed by atoms with Crippen LogP contribution in [-0.4, -0.2) is 23.5 Å². The number of nitriles is 1. The molecule has 0 heterocycles. The van der Waals surface area contributed by atoms with Gasteiger partial charge in [0.05, 0.1) is 17.0 Å². The molecule has 1 aromatic rings. The maximum Gasteiger partial charge on any atom is 0.311 e. The molecular weight excluding hydrogens is 256 g/mol. The Morgan fingerprint density at radius 2 is 1.80 bits per heavy atom. The Morgan fingerprint density at radius 1 is 1.25 bits per heavy atom. The molecule has 0 unspecified atom stereocenters. The number of carbonyl (C=O) groups excluding carboxylic acids is 1. The van der Waals surface area contributed by atoms with Crippen LogP contribution < -0.4 is 5.32 Å². The summed E-state index contributed by atoms with van der Waals surface area (Å²) in [6.45, 7) is 3.69. The van der Waals surface area contributed by atoms with Crippen molar-refractivity contribution in [3.05, 3.63) is 35.4 Å². The van der Waals surface area contributed by atoms with Crippen LogP contribution in [0.1, 0.15) is 42.6 Å². The first-order valence-corrected chi connectivity index (χ1v) is 6.51. The summed E-state index contributed by atoms with van der Waals surface area (Å²) >= 11 is 0. The lowest BCUT2D eigenvalue weighted by Gasteiger charge is -2.26. The topological polar surface area (TPSA) is 90.2 Å². The van der Waals surface area contributed by atoms with Crippen LogP contribution in [0, 0.1) is 16.7 Å². The van der Waals surface area contributed by atoms with Crippen molar-refractivity contribution in [3.8, 4) is 6.07 Å². The van der Waals surface area contributed by atoms with Crippen molar-refractivity contribution in [1.82, 2.24) is 5.32 Å². The molecule has 0 radical (unpaired) electrons. The van der Waals surface area contributed by atoms with Crippen molar-refractivity contribution in [2.24, 2.45) is 5.41 Å². The number of amides is 1. The van der Waals surface area contributed by atoms with E-state index < -0.39 is 11.4 Å². The van der Waals surface area contributed by atoms with Gasteiger partial charge in [-0.05, 0) is 37.1 Å². The molecule has 0 spiro atoms. The number of carboxylic acids is 1. The van der Waals surface area contributed by atoms with Gasteiger partial charge in [0.15, 0.2) is 0 Å². The minimum absolute atomic E-state index is 0.0914. The smallest absolute Gasteiger partial charge is 0.311 e. The van der Waals surface area contributed by atoms with E-state index in [1.807, 2.05) is 6.07 Å². The van der Waals surface area contributed by atoms with E-state index in [4.69, 9.17) is 5.26 Å². The van der Waals surface area contributed by atoms with Gasteiger partial charge in [0, 0.05) is 12.1 Å². The molecule has 2 N–H and O–H groups in total. The number of hydrogen-bond acceptors (Lipinski definition) is 3. The lowest BCUT2D eigenvalue weighted by Crippen LogP contribution is -2.42. The summed E-state index contributed by atoms with van der Waals surface area (Å²) in [7, 11) is 0. The molecule has 1 rings (SSSR count). The zero-order chi connectivity index (χ0) is 15.2. The Labute approximate surface area is 118 Å². The molecule has 5 nitrogen and oxygen atoms in total. The molecule has 0 aliphatic heterocycles. The average molecular weight is 274 g/mol. The number of benzene rings is 1. The Morgan fingerprint density at radius 3 is 2.20 bits per heavy atom. The number of carboxylic acid groups (broad SMARTS) is 1. The molecule has 0 saturated carbocycles. The molecule has 20 heavy (non-hydrogen) atoms. The second kappa shape index (κ2) is 6.71. The van der Waals surface area contributed by atoms with Gasteiger partial charge in [0.1, 0.15) is 0 Å². The van der Waals surface area contributed by atoms with Crippen molar-refractivity contribution in [1.29, 1.82) is 5.26 Å². The molecule has 0 fully saturated rings. The SMILES string of the molecule is CCC(CC)(CNC(=O)c1ccc(C#N)cc1)C(=O)O. The quantitative estimate of drug-likeness (QED) is 0.831. The summed E-state index contributed by atoms with van der Waals surface area (Å²) in [6, 6.07) is 8.18. The molecule has 0 atom stereocenters. The van der Waals surface area contributed by atoms with Crippen LogP contribution in [0.4, 0.5) is 0 Å². The summed E-state index contributed by atoms with van der Waals surface area (Å²) in [5.74, 6) is -1.23. The van der Waals surface area contributed by atoms with Gasteiger partial charge in [-0.15, -0.1) is 0 Å². The van der Waals surface area contributed by atoms with E-state index in [-0.39, 0.29) is 12.5 Å². The highest BCUT2D eigenvalue weighted by Crippen LogP contribution is 2.25. The number of aliphatic carboxylic acids is 1. The van der Waals surface area contributed by atoms with Crippen LogP contribution in [0.15, 0.2) is 24.3 Å². The molecule has 0 aliphatic rings. The van der Waals surface area contributed by atoms with E-state index in [1.165, 1.54) is 0 Å². The minimum atomic E-state index is -0.928. The maximum atomic E-state index is 12.0. The molecule has 0 bridgehead atoms. The number of rotatable bonds is 6.